The van der Waals surface area contributed by atoms with Crippen LogP contribution in [0.25, 0.3) is 0 Å². The van der Waals surface area contributed by atoms with Crippen molar-refractivity contribution in [3.05, 3.63) is 27.0 Å². The van der Waals surface area contributed by atoms with Crippen molar-refractivity contribution < 1.29 is 20.1 Å². The van der Waals surface area contributed by atoms with E-state index in [2.05, 4.69) is 5.10 Å². The molecule has 17 heavy (non-hydrogen) atoms. The molecule has 1 aliphatic rings. The van der Waals surface area contributed by atoms with Crippen LogP contribution < -0.4 is 11.2 Å². The van der Waals surface area contributed by atoms with Crippen LogP contribution in [0, 0.1) is 0 Å². The molecule has 1 fully saturated rings. The lowest BCUT2D eigenvalue weighted by atomic mass is 10.1. The van der Waals surface area contributed by atoms with Crippen LogP contribution in [-0.2, 0) is 4.74 Å². The molecule has 0 aliphatic carbocycles. The van der Waals surface area contributed by atoms with E-state index in [0.717, 1.165) is 6.20 Å². The fraction of sp³-hybridized carbons (Fsp3) is 0.625. The van der Waals surface area contributed by atoms with Crippen LogP contribution in [0.2, 0.25) is 0 Å². The molecule has 1 aromatic heterocycles. The summed E-state index contributed by atoms with van der Waals surface area (Å²) >= 11 is 0. The van der Waals surface area contributed by atoms with Gasteiger partial charge in [0.05, 0.1) is 6.61 Å². The Morgan fingerprint density at radius 1 is 1.41 bits per heavy atom. The first-order valence-electron chi connectivity index (χ1n) is 4.85. The van der Waals surface area contributed by atoms with Gasteiger partial charge in [0, 0.05) is 0 Å². The van der Waals surface area contributed by atoms with E-state index < -0.39 is 42.4 Å². The minimum atomic E-state index is -1.41. The molecule has 1 saturated heterocycles. The van der Waals surface area contributed by atoms with Gasteiger partial charge in [0.15, 0.2) is 6.23 Å². The van der Waals surface area contributed by atoms with Gasteiger partial charge in [0.1, 0.15) is 24.5 Å². The maximum absolute atomic E-state index is 11.4. The molecule has 1 aliphatic heterocycles. The molecule has 94 valence electrons. The lowest BCUT2D eigenvalue weighted by Crippen LogP contribution is -2.39. The molecular formula is C8H11N3O6. The second-order valence-corrected chi connectivity index (χ2v) is 3.61. The van der Waals surface area contributed by atoms with Gasteiger partial charge in [0.2, 0.25) is 0 Å². The molecule has 0 radical (unpaired) electrons. The van der Waals surface area contributed by atoms with Crippen LogP contribution in [0.1, 0.15) is 6.23 Å². The van der Waals surface area contributed by atoms with Gasteiger partial charge in [-0.3, -0.25) is 9.78 Å². The number of aliphatic hydroxyl groups is 3. The fourth-order valence-corrected chi connectivity index (χ4v) is 1.63. The van der Waals surface area contributed by atoms with Gasteiger partial charge in [-0.15, -0.1) is 0 Å². The molecule has 1 aromatic rings. The summed E-state index contributed by atoms with van der Waals surface area (Å²) in [5.41, 5.74) is -1.55. The number of H-pyrrole nitrogens is 1. The highest BCUT2D eigenvalue weighted by Crippen LogP contribution is 2.27. The van der Waals surface area contributed by atoms with E-state index in [1.54, 1.807) is 0 Å². The number of hydrogen-bond donors (Lipinski definition) is 4. The smallest absolute Gasteiger partial charge is 0.347 e. The Bertz CT molecular complexity index is 510. The Balaban J connectivity index is 2.35. The van der Waals surface area contributed by atoms with E-state index in [0.29, 0.717) is 4.68 Å². The number of aromatic amines is 1. The van der Waals surface area contributed by atoms with Crippen LogP contribution in [0.4, 0.5) is 0 Å². The highest BCUT2D eigenvalue weighted by molar-refractivity contribution is 4.88. The standard InChI is InChI=1S/C8H11N3O6/c12-2-3-5(14)6(15)7(17-3)11-8(16)10-4(13)1-9-11/h1,3,5-7,12,14-15H,2H2,(H,10,13,16)/t3-,5-,6-,7?/m1/s1. The normalized spacial score (nSPS) is 32.9. The zero-order chi connectivity index (χ0) is 12.6. The number of nitrogens with one attached hydrogen (secondary N) is 1. The summed E-state index contributed by atoms with van der Waals surface area (Å²) < 4.78 is 5.77. The van der Waals surface area contributed by atoms with Crippen molar-refractivity contribution in [2.24, 2.45) is 0 Å². The Hall–Kier alpha value is -1.55. The van der Waals surface area contributed by atoms with E-state index in [1.165, 1.54) is 0 Å². The Labute approximate surface area is 93.9 Å². The highest BCUT2D eigenvalue weighted by Gasteiger charge is 2.44. The average molecular weight is 245 g/mol. The summed E-state index contributed by atoms with van der Waals surface area (Å²) in [7, 11) is 0. The number of aromatic nitrogens is 3. The molecule has 4 atom stereocenters. The molecule has 1 unspecified atom stereocenters. The molecule has 4 N–H and O–H groups in total. The van der Waals surface area contributed by atoms with Crippen LogP contribution >= 0.6 is 0 Å². The zero-order valence-corrected chi connectivity index (χ0v) is 8.55. The molecular weight excluding hydrogens is 234 g/mol. The number of rotatable bonds is 2. The predicted molar refractivity (Wildman–Crippen MR) is 52.1 cm³/mol. The van der Waals surface area contributed by atoms with Crippen molar-refractivity contribution in [2.45, 2.75) is 24.5 Å². The minimum Gasteiger partial charge on any atom is -0.394 e. The summed E-state index contributed by atoms with van der Waals surface area (Å²) in [6.07, 6.45) is -4.15. The zero-order valence-electron chi connectivity index (χ0n) is 8.55. The first-order valence-corrected chi connectivity index (χ1v) is 4.85. The van der Waals surface area contributed by atoms with Crippen molar-refractivity contribution in [3.8, 4) is 0 Å². The second-order valence-electron chi connectivity index (χ2n) is 3.61. The average Bonchev–Trinajstić information content (AvgIpc) is 2.57. The van der Waals surface area contributed by atoms with Gasteiger partial charge in [-0.1, -0.05) is 0 Å². The third-order valence-electron chi connectivity index (χ3n) is 2.50. The van der Waals surface area contributed by atoms with Crippen molar-refractivity contribution >= 4 is 0 Å². The Kier molecular flexibility index (Phi) is 3.07. The van der Waals surface area contributed by atoms with E-state index in [-0.39, 0.29) is 0 Å². The number of nitrogens with zero attached hydrogens (tertiary/aromatic N) is 2. The van der Waals surface area contributed by atoms with Gasteiger partial charge in [0.25, 0.3) is 5.56 Å². The second kappa shape index (κ2) is 4.37. The van der Waals surface area contributed by atoms with Crippen LogP contribution in [-0.4, -0.2) is 55.0 Å². The van der Waals surface area contributed by atoms with Gasteiger partial charge in [-0.25, -0.2) is 4.79 Å². The predicted octanol–water partition coefficient (Wildman–Crippen LogP) is -3.46. The number of hydrogen-bond acceptors (Lipinski definition) is 7. The van der Waals surface area contributed by atoms with E-state index in [4.69, 9.17) is 9.84 Å². The van der Waals surface area contributed by atoms with E-state index in [1.807, 2.05) is 4.98 Å². The molecule has 0 amide bonds. The molecule has 9 nitrogen and oxygen atoms in total. The molecule has 9 heteroatoms. The molecule has 0 spiro atoms. The summed E-state index contributed by atoms with van der Waals surface area (Å²) in [6, 6.07) is 0. The van der Waals surface area contributed by atoms with Crippen molar-refractivity contribution in [3.63, 3.8) is 0 Å². The summed E-state index contributed by atoms with van der Waals surface area (Å²) in [4.78, 5) is 24.1. The quantitative estimate of drug-likeness (QED) is 0.425. The topological polar surface area (TPSA) is 138 Å². The van der Waals surface area contributed by atoms with Crippen molar-refractivity contribution in [1.29, 1.82) is 0 Å². The third-order valence-corrected chi connectivity index (χ3v) is 2.50. The first-order chi connectivity index (χ1) is 8.04. The van der Waals surface area contributed by atoms with Gasteiger partial charge < -0.3 is 20.1 Å². The molecule has 0 saturated carbocycles. The third kappa shape index (κ3) is 2.00. The monoisotopic (exact) mass is 245 g/mol. The Morgan fingerprint density at radius 2 is 2.12 bits per heavy atom. The van der Waals surface area contributed by atoms with E-state index in [9.17, 15) is 19.8 Å². The molecule has 2 rings (SSSR count). The molecule has 0 bridgehead atoms. The summed E-state index contributed by atoms with van der Waals surface area (Å²) in [5.74, 6) is 0. The fourth-order valence-electron chi connectivity index (χ4n) is 1.63. The van der Waals surface area contributed by atoms with Crippen molar-refractivity contribution in [2.75, 3.05) is 6.61 Å². The van der Waals surface area contributed by atoms with Crippen molar-refractivity contribution in [1.82, 2.24) is 14.8 Å². The lowest BCUT2D eigenvalue weighted by Gasteiger charge is -2.14. The van der Waals surface area contributed by atoms with E-state index >= 15 is 0 Å². The number of ether oxygens (including phenoxy) is 1. The van der Waals surface area contributed by atoms with Crippen LogP contribution in [0.5, 0.6) is 0 Å². The summed E-state index contributed by atoms with van der Waals surface area (Å²) in [6.45, 7) is -0.507. The Morgan fingerprint density at radius 3 is 2.65 bits per heavy atom. The minimum absolute atomic E-state index is 0.507. The maximum Gasteiger partial charge on any atom is 0.347 e. The molecule has 0 aromatic carbocycles. The summed E-state index contributed by atoms with van der Waals surface area (Å²) in [5, 5.41) is 31.5. The molecule has 2 heterocycles. The van der Waals surface area contributed by atoms with Crippen LogP contribution in [0.15, 0.2) is 15.8 Å². The van der Waals surface area contributed by atoms with Gasteiger partial charge in [-0.2, -0.15) is 9.78 Å². The largest absolute Gasteiger partial charge is 0.394 e. The van der Waals surface area contributed by atoms with Crippen LogP contribution in [0.3, 0.4) is 0 Å². The maximum atomic E-state index is 11.4. The SMILES string of the molecule is O=c1cnn(C2O[C@H](CO)[C@@H](O)[C@H]2O)c(=O)[nH]1. The highest BCUT2D eigenvalue weighted by atomic mass is 16.6. The number of aliphatic hydroxyl groups excluding tert-OH is 3. The van der Waals surface area contributed by atoms with Gasteiger partial charge >= 0.3 is 5.69 Å². The van der Waals surface area contributed by atoms with Gasteiger partial charge in [-0.05, 0) is 0 Å². The first kappa shape index (κ1) is 11.9. The lowest BCUT2D eigenvalue weighted by molar-refractivity contribution is -0.0618.